The molecule has 0 saturated heterocycles. The van der Waals surface area contributed by atoms with E-state index in [4.69, 9.17) is 5.11 Å². The van der Waals surface area contributed by atoms with Crippen molar-refractivity contribution in [3.8, 4) is 0 Å². The Bertz CT molecular complexity index is 395. The zero-order chi connectivity index (χ0) is 14.3. The highest BCUT2D eigenvalue weighted by Gasteiger charge is 2.29. The molecule has 0 unspecified atom stereocenters. The average molecular weight is 273 g/mol. The van der Waals surface area contributed by atoms with Gasteiger partial charge in [0.1, 0.15) is 0 Å². The standard InChI is InChI=1S/C11H19N3O5/c15-6-11(7-16,8-17)5-14-4-9(12-13-14)2-1-3-10(18)19/h4,15-17H,1-3,5-8H2,(H,18,19). The van der Waals surface area contributed by atoms with Crippen molar-refractivity contribution in [3.63, 3.8) is 0 Å². The number of carbonyl (C=O) groups is 1. The minimum absolute atomic E-state index is 0.0702. The summed E-state index contributed by atoms with van der Waals surface area (Å²) in [6.45, 7) is -0.959. The van der Waals surface area contributed by atoms with Crippen molar-refractivity contribution in [2.45, 2.75) is 25.8 Å². The highest BCUT2D eigenvalue weighted by atomic mass is 16.4. The second kappa shape index (κ2) is 7.17. The van der Waals surface area contributed by atoms with E-state index in [1.165, 1.54) is 4.68 Å². The number of hydrogen-bond donors (Lipinski definition) is 4. The van der Waals surface area contributed by atoms with Gasteiger partial charge in [-0.1, -0.05) is 5.21 Å². The molecule has 0 bridgehead atoms. The summed E-state index contributed by atoms with van der Waals surface area (Å²) in [5, 5.41) is 43.8. The number of aliphatic hydroxyl groups excluding tert-OH is 3. The molecule has 0 radical (unpaired) electrons. The molecular formula is C11H19N3O5. The predicted octanol–water partition coefficient (Wildman–Crippen LogP) is -1.35. The Morgan fingerprint density at radius 1 is 1.26 bits per heavy atom. The molecule has 8 heteroatoms. The van der Waals surface area contributed by atoms with Gasteiger partial charge in [0, 0.05) is 12.6 Å². The minimum Gasteiger partial charge on any atom is -0.481 e. The van der Waals surface area contributed by atoms with Crippen LogP contribution in [0.4, 0.5) is 0 Å². The summed E-state index contributed by atoms with van der Waals surface area (Å²) >= 11 is 0. The number of nitrogens with zero attached hydrogens (tertiary/aromatic N) is 3. The smallest absolute Gasteiger partial charge is 0.303 e. The molecular weight excluding hydrogens is 254 g/mol. The first kappa shape index (κ1) is 15.5. The Hall–Kier alpha value is -1.51. The number of hydrogen-bond acceptors (Lipinski definition) is 6. The summed E-state index contributed by atoms with van der Waals surface area (Å²) in [5.74, 6) is -0.854. The zero-order valence-electron chi connectivity index (χ0n) is 10.6. The zero-order valence-corrected chi connectivity index (χ0v) is 10.6. The molecule has 0 aliphatic heterocycles. The highest BCUT2D eigenvalue weighted by Crippen LogP contribution is 2.17. The van der Waals surface area contributed by atoms with Crippen LogP contribution in [-0.2, 0) is 17.8 Å². The van der Waals surface area contributed by atoms with Crippen LogP contribution >= 0.6 is 0 Å². The maximum Gasteiger partial charge on any atom is 0.303 e. The molecule has 8 nitrogen and oxygen atoms in total. The number of aliphatic carboxylic acids is 1. The topological polar surface area (TPSA) is 129 Å². The van der Waals surface area contributed by atoms with Gasteiger partial charge in [0.2, 0.25) is 0 Å². The first-order chi connectivity index (χ1) is 9.05. The van der Waals surface area contributed by atoms with E-state index in [0.29, 0.717) is 18.5 Å². The summed E-state index contributed by atoms with van der Waals surface area (Å²) < 4.78 is 1.43. The van der Waals surface area contributed by atoms with E-state index in [0.717, 1.165) is 0 Å². The number of carboxylic acid groups (broad SMARTS) is 1. The lowest BCUT2D eigenvalue weighted by molar-refractivity contribution is -0.137. The molecule has 0 saturated carbocycles. The van der Waals surface area contributed by atoms with Crippen LogP contribution in [0.2, 0.25) is 0 Å². The second-order valence-electron chi connectivity index (χ2n) is 4.63. The van der Waals surface area contributed by atoms with Crippen LogP contribution in [0.5, 0.6) is 0 Å². The molecule has 1 aromatic rings. The van der Waals surface area contributed by atoms with Crippen LogP contribution in [-0.4, -0.2) is 61.2 Å². The molecule has 1 heterocycles. The van der Waals surface area contributed by atoms with Crippen molar-refractivity contribution in [1.29, 1.82) is 0 Å². The third-order valence-corrected chi connectivity index (χ3v) is 2.91. The van der Waals surface area contributed by atoms with Gasteiger partial charge >= 0.3 is 5.97 Å². The summed E-state index contributed by atoms with van der Waals surface area (Å²) in [6, 6.07) is 0. The van der Waals surface area contributed by atoms with Crippen LogP contribution in [0.25, 0.3) is 0 Å². The van der Waals surface area contributed by atoms with Gasteiger partial charge < -0.3 is 20.4 Å². The van der Waals surface area contributed by atoms with Crippen molar-refractivity contribution in [2.24, 2.45) is 5.41 Å². The molecule has 0 atom stereocenters. The molecule has 0 spiro atoms. The van der Waals surface area contributed by atoms with Gasteiger partial charge in [-0.25, -0.2) is 0 Å². The van der Waals surface area contributed by atoms with E-state index in [2.05, 4.69) is 10.3 Å². The van der Waals surface area contributed by atoms with E-state index >= 15 is 0 Å². The lowest BCUT2D eigenvalue weighted by Crippen LogP contribution is -2.38. The van der Waals surface area contributed by atoms with Gasteiger partial charge in [-0.05, 0) is 12.8 Å². The fraction of sp³-hybridized carbons (Fsp3) is 0.727. The van der Waals surface area contributed by atoms with Gasteiger partial charge in [-0.3, -0.25) is 9.48 Å². The largest absolute Gasteiger partial charge is 0.481 e. The lowest BCUT2D eigenvalue weighted by Gasteiger charge is -2.26. The Balaban J connectivity index is 2.56. The van der Waals surface area contributed by atoms with Crippen molar-refractivity contribution in [1.82, 2.24) is 15.0 Å². The van der Waals surface area contributed by atoms with Crippen LogP contribution < -0.4 is 0 Å². The number of aryl methyl sites for hydroxylation is 1. The maximum atomic E-state index is 10.4. The molecule has 1 aromatic heterocycles. The first-order valence-electron chi connectivity index (χ1n) is 5.98. The quantitative estimate of drug-likeness (QED) is 0.437. The molecule has 1 rings (SSSR count). The molecule has 0 fully saturated rings. The number of rotatable bonds is 9. The number of carboxylic acids is 1. The second-order valence-corrected chi connectivity index (χ2v) is 4.63. The fourth-order valence-electron chi connectivity index (χ4n) is 1.59. The fourth-order valence-corrected chi connectivity index (χ4v) is 1.59. The van der Waals surface area contributed by atoms with Gasteiger partial charge in [-0.2, -0.15) is 0 Å². The van der Waals surface area contributed by atoms with E-state index in [1.54, 1.807) is 6.20 Å². The molecule has 19 heavy (non-hydrogen) atoms. The van der Waals surface area contributed by atoms with Crippen molar-refractivity contribution in [2.75, 3.05) is 19.8 Å². The monoisotopic (exact) mass is 273 g/mol. The third-order valence-electron chi connectivity index (χ3n) is 2.91. The molecule has 0 amide bonds. The Kier molecular flexibility index (Phi) is 5.87. The van der Waals surface area contributed by atoms with Gasteiger partial charge in [0.05, 0.1) is 37.5 Å². The normalized spacial score (nSPS) is 11.7. The maximum absolute atomic E-state index is 10.4. The Labute approximate surface area is 110 Å². The lowest BCUT2D eigenvalue weighted by atomic mass is 9.91. The first-order valence-corrected chi connectivity index (χ1v) is 5.98. The van der Waals surface area contributed by atoms with E-state index in [-0.39, 0.29) is 32.8 Å². The summed E-state index contributed by atoms with van der Waals surface area (Å²) in [7, 11) is 0. The van der Waals surface area contributed by atoms with Crippen LogP contribution in [0.3, 0.4) is 0 Å². The van der Waals surface area contributed by atoms with Crippen LogP contribution in [0.15, 0.2) is 6.20 Å². The SMILES string of the molecule is O=C(O)CCCc1cn(CC(CO)(CO)CO)nn1. The number of aliphatic hydroxyl groups is 3. The Morgan fingerprint density at radius 3 is 2.42 bits per heavy atom. The molecule has 0 aliphatic carbocycles. The predicted molar refractivity (Wildman–Crippen MR) is 64.3 cm³/mol. The average Bonchev–Trinajstić information content (AvgIpc) is 2.83. The number of aromatic nitrogens is 3. The van der Waals surface area contributed by atoms with Crippen molar-refractivity contribution in [3.05, 3.63) is 11.9 Å². The summed E-state index contributed by atoms with van der Waals surface area (Å²) in [6.07, 6.45) is 2.66. The van der Waals surface area contributed by atoms with E-state index < -0.39 is 11.4 Å². The van der Waals surface area contributed by atoms with Gasteiger partial charge in [-0.15, -0.1) is 5.10 Å². The Morgan fingerprint density at radius 2 is 1.89 bits per heavy atom. The molecule has 0 aliphatic rings. The summed E-state index contributed by atoms with van der Waals surface area (Å²) in [5.41, 5.74) is -0.393. The van der Waals surface area contributed by atoms with Crippen molar-refractivity contribution >= 4 is 5.97 Å². The van der Waals surface area contributed by atoms with Crippen LogP contribution in [0.1, 0.15) is 18.5 Å². The van der Waals surface area contributed by atoms with E-state index in [1.807, 2.05) is 0 Å². The van der Waals surface area contributed by atoms with Gasteiger partial charge in [0.15, 0.2) is 0 Å². The molecule has 108 valence electrons. The minimum atomic E-state index is -1.04. The van der Waals surface area contributed by atoms with Gasteiger partial charge in [0.25, 0.3) is 0 Å². The molecule has 4 N–H and O–H groups in total. The molecule has 0 aromatic carbocycles. The highest BCUT2D eigenvalue weighted by molar-refractivity contribution is 5.66. The van der Waals surface area contributed by atoms with Crippen LogP contribution in [0, 0.1) is 5.41 Å². The van der Waals surface area contributed by atoms with E-state index in [9.17, 15) is 20.1 Å². The van der Waals surface area contributed by atoms with Crippen molar-refractivity contribution < 1.29 is 25.2 Å². The third kappa shape index (κ3) is 4.58. The summed E-state index contributed by atoms with van der Waals surface area (Å²) in [4.78, 5) is 10.4.